The molecule has 0 radical (unpaired) electrons. The quantitative estimate of drug-likeness (QED) is 0.692. The summed E-state index contributed by atoms with van der Waals surface area (Å²) < 4.78 is 4.42. The Morgan fingerprint density at radius 1 is 1.46 bits per heavy atom. The van der Waals surface area contributed by atoms with Crippen molar-refractivity contribution in [3.63, 3.8) is 0 Å². The van der Waals surface area contributed by atoms with Gasteiger partial charge in [0, 0.05) is 19.8 Å². The summed E-state index contributed by atoms with van der Waals surface area (Å²) in [5, 5.41) is 0. The zero-order chi connectivity index (χ0) is 10.1. The van der Waals surface area contributed by atoms with Gasteiger partial charge in [0.25, 0.3) is 0 Å². The van der Waals surface area contributed by atoms with Gasteiger partial charge < -0.3 is 9.13 Å². The fourth-order valence-electron chi connectivity index (χ4n) is 1.52. The minimum absolute atomic E-state index is 1.05. The topological polar surface area (TPSA) is 21.1 Å². The normalized spacial score (nSPS) is 11.8. The highest BCUT2D eigenvalue weighted by molar-refractivity contribution is 6.79. The standard InChI is InChI=1S/C9H19N3Si/c1-6-12(13(3,4)5)9-7-11(2)8-10-9/h7-8H,6H2,1-5H3. The molecule has 0 amide bonds. The number of hydrogen-bond donors (Lipinski definition) is 0. The molecule has 0 aliphatic heterocycles. The van der Waals surface area contributed by atoms with Crippen LogP contribution in [0.3, 0.4) is 0 Å². The second-order valence-electron chi connectivity index (χ2n) is 4.31. The van der Waals surface area contributed by atoms with Gasteiger partial charge in [-0.05, 0) is 6.92 Å². The number of imidazole rings is 1. The smallest absolute Gasteiger partial charge is 0.149 e. The van der Waals surface area contributed by atoms with Crippen molar-refractivity contribution in [1.29, 1.82) is 0 Å². The predicted molar refractivity (Wildman–Crippen MR) is 59.6 cm³/mol. The molecule has 0 aromatic carbocycles. The average molecular weight is 197 g/mol. The molecular formula is C9H19N3Si. The van der Waals surface area contributed by atoms with Crippen molar-refractivity contribution in [3.05, 3.63) is 12.5 Å². The van der Waals surface area contributed by atoms with Crippen LogP contribution in [-0.4, -0.2) is 24.3 Å². The van der Waals surface area contributed by atoms with Gasteiger partial charge in [-0.15, -0.1) is 0 Å². The third-order valence-corrected chi connectivity index (χ3v) is 4.26. The molecule has 0 aliphatic carbocycles. The molecule has 0 bridgehead atoms. The molecular weight excluding hydrogens is 178 g/mol. The van der Waals surface area contributed by atoms with E-state index in [9.17, 15) is 0 Å². The Morgan fingerprint density at radius 2 is 2.08 bits per heavy atom. The van der Waals surface area contributed by atoms with Crippen LogP contribution in [0.1, 0.15) is 6.92 Å². The fraction of sp³-hybridized carbons (Fsp3) is 0.667. The summed E-state index contributed by atoms with van der Waals surface area (Å²) in [6.45, 7) is 10.3. The van der Waals surface area contributed by atoms with Crippen LogP contribution >= 0.6 is 0 Å². The van der Waals surface area contributed by atoms with E-state index in [-0.39, 0.29) is 0 Å². The van der Waals surface area contributed by atoms with Crippen molar-refractivity contribution in [2.75, 3.05) is 11.1 Å². The van der Waals surface area contributed by atoms with Gasteiger partial charge in [-0.2, -0.15) is 0 Å². The summed E-state index contributed by atoms with van der Waals surface area (Å²) in [4.78, 5) is 4.38. The van der Waals surface area contributed by atoms with Crippen LogP contribution in [0.2, 0.25) is 19.6 Å². The minimum Gasteiger partial charge on any atom is -0.383 e. The molecule has 0 saturated carbocycles. The van der Waals surface area contributed by atoms with Crippen molar-refractivity contribution in [2.24, 2.45) is 7.05 Å². The number of aromatic nitrogens is 2. The zero-order valence-electron chi connectivity index (χ0n) is 9.20. The highest BCUT2D eigenvalue weighted by Crippen LogP contribution is 2.18. The van der Waals surface area contributed by atoms with E-state index in [4.69, 9.17) is 0 Å². The number of aryl methyl sites for hydroxylation is 1. The largest absolute Gasteiger partial charge is 0.383 e. The van der Waals surface area contributed by atoms with Crippen molar-refractivity contribution in [3.8, 4) is 0 Å². The van der Waals surface area contributed by atoms with Crippen LogP contribution in [0, 0.1) is 0 Å². The van der Waals surface area contributed by atoms with Gasteiger partial charge in [0.2, 0.25) is 0 Å². The van der Waals surface area contributed by atoms with Crippen LogP contribution in [0.15, 0.2) is 12.5 Å². The maximum Gasteiger partial charge on any atom is 0.149 e. The van der Waals surface area contributed by atoms with E-state index in [0.717, 1.165) is 12.4 Å². The van der Waals surface area contributed by atoms with Crippen molar-refractivity contribution in [1.82, 2.24) is 9.55 Å². The summed E-state index contributed by atoms with van der Waals surface area (Å²) in [5.41, 5.74) is 0. The fourth-order valence-corrected chi connectivity index (χ4v) is 3.27. The van der Waals surface area contributed by atoms with Crippen LogP contribution < -0.4 is 4.57 Å². The number of rotatable bonds is 3. The number of anilines is 1. The maximum absolute atomic E-state index is 4.38. The monoisotopic (exact) mass is 197 g/mol. The molecule has 0 spiro atoms. The molecule has 0 atom stereocenters. The van der Waals surface area contributed by atoms with Crippen molar-refractivity contribution in [2.45, 2.75) is 26.6 Å². The van der Waals surface area contributed by atoms with Crippen LogP contribution in [0.4, 0.5) is 5.82 Å². The predicted octanol–water partition coefficient (Wildman–Crippen LogP) is 2.08. The van der Waals surface area contributed by atoms with Gasteiger partial charge in [-0.3, -0.25) is 0 Å². The third-order valence-electron chi connectivity index (χ3n) is 2.09. The first kappa shape index (κ1) is 10.3. The Kier molecular flexibility index (Phi) is 2.80. The Hall–Kier alpha value is -0.773. The first-order chi connectivity index (χ1) is 5.95. The van der Waals surface area contributed by atoms with E-state index in [1.54, 1.807) is 0 Å². The van der Waals surface area contributed by atoms with Crippen LogP contribution in [0.25, 0.3) is 0 Å². The van der Waals surface area contributed by atoms with Crippen molar-refractivity contribution < 1.29 is 0 Å². The van der Waals surface area contributed by atoms with Gasteiger partial charge in [0.15, 0.2) is 0 Å². The lowest BCUT2D eigenvalue weighted by Crippen LogP contribution is -2.46. The summed E-state index contributed by atoms with van der Waals surface area (Å²) in [7, 11) is 0.752. The molecule has 0 N–H and O–H groups in total. The molecule has 0 saturated heterocycles. The van der Waals surface area contributed by atoms with Gasteiger partial charge in [-0.1, -0.05) is 19.6 Å². The molecule has 0 aliphatic rings. The van der Waals surface area contributed by atoms with Crippen LogP contribution in [0.5, 0.6) is 0 Å². The van der Waals surface area contributed by atoms with E-state index < -0.39 is 8.24 Å². The second kappa shape index (κ2) is 3.53. The van der Waals surface area contributed by atoms with Gasteiger partial charge in [0.1, 0.15) is 14.1 Å². The molecule has 1 aromatic heterocycles. The Morgan fingerprint density at radius 3 is 2.38 bits per heavy atom. The van der Waals surface area contributed by atoms with Crippen molar-refractivity contribution >= 4 is 14.1 Å². The van der Waals surface area contributed by atoms with E-state index >= 15 is 0 Å². The Balaban J connectivity index is 2.91. The van der Waals surface area contributed by atoms with Gasteiger partial charge in [-0.25, -0.2) is 4.98 Å². The SMILES string of the molecule is CCN(c1cn(C)cn1)[Si](C)(C)C. The van der Waals surface area contributed by atoms with E-state index in [2.05, 4.69) is 42.3 Å². The highest BCUT2D eigenvalue weighted by atomic mass is 28.3. The molecule has 1 aromatic rings. The minimum atomic E-state index is -1.26. The molecule has 3 nitrogen and oxygen atoms in total. The van der Waals surface area contributed by atoms with Crippen LogP contribution in [-0.2, 0) is 7.05 Å². The zero-order valence-corrected chi connectivity index (χ0v) is 10.2. The Labute approximate surface area is 81.5 Å². The average Bonchev–Trinajstić information content (AvgIpc) is 2.34. The number of nitrogens with zero attached hydrogens (tertiary/aromatic N) is 3. The molecule has 0 fully saturated rings. The maximum atomic E-state index is 4.38. The summed E-state index contributed by atoms with van der Waals surface area (Å²) in [5.74, 6) is 1.11. The first-order valence-corrected chi connectivity index (χ1v) is 8.15. The lowest BCUT2D eigenvalue weighted by molar-refractivity contribution is 0.913. The first-order valence-electron chi connectivity index (χ1n) is 4.70. The summed E-state index contributed by atoms with van der Waals surface area (Å²) >= 11 is 0. The molecule has 1 rings (SSSR count). The molecule has 0 unspecified atom stereocenters. The Bertz CT molecular complexity index is 275. The van der Waals surface area contributed by atoms with E-state index in [0.29, 0.717) is 0 Å². The molecule has 13 heavy (non-hydrogen) atoms. The number of hydrogen-bond acceptors (Lipinski definition) is 2. The van der Waals surface area contributed by atoms with Gasteiger partial charge in [0.05, 0.1) is 6.33 Å². The highest BCUT2D eigenvalue weighted by Gasteiger charge is 2.23. The van der Waals surface area contributed by atoms with E-state index in [1.165, 1.54) is 0 Å². The molecule has 4 heteroatoms. The molecule has 1 heterocycles. The lowest BCUT2D eigenvalue weighted by atomic mass is 10.6. The third kappa shape index (κ3) is 2.34. The second-order valence-corrected chi connectivity index (χ2v) is 9.19. The summed E-state index contributed by atoms with van der Waals surface area (Å²) in [6.07, 6.45) is 3.94. The molecule has 74 valence electrons. The summed E-state index contributed by atoms with van der Waals surface area (Å²) in [6, 6.07) is 0. The van der Waals surface area contributed by atoms with E-state index in [1.807, 2.05) is 17.9 Å². The van der Waals surface area contributed by atoms with Gasteiger partial charge >= 0.3 is 0 Å². The lowest BCUT2D eigenvalue weighted by Gasteiger charge is -2.33.